The molecule has 2 amide bonds. The van der Waals surface area contributed by atoms with Crippen molar-refractivity contribution in [1.82, 2.24) is 14.9 Å². The van der Waals surface area contributed by atoms with Gasteiger partial charge in [-0.05, 0) is 47.4 Å². The van der Waals surface area contributed by atoms with Crippen LogP contribution in [0.3, 0.4) is 0 Å². The summed E-state index contributed by atoms with van der Waals surface area (Å²) in [5.74, 6) is 0.245. The van der Waals surface area contributed by atoms with Gasteiger partial charge in [0.15, 0.2) is 0 Å². The number of nitrogens with zero attached hydrogens (tertiary/aromatic N) is 3. The fourth-order valence-electron chi connectivity index (χ4n) is 5.82. The first kappa shape index (κ1) is 29.4. The van der Waals surface area contributed by atoms with Crippen molar-refractivity contribution < 1.29 is 9.59 Å². The number of amides is 2. The molecule has 0 atom stereocenters. The first-order valence-electron chi connectivity index (χ1n) is 13.6. The summed E-state index contributed by atoms with van der Waals surface area (Å²) in [4.78, 5) is 38.4. The highest BCUT2D eigenvalue weighted by atomic mass is 35.5. The number of carbonyl (C=O) groups excluding carboxylic acids is 2. The zero-order valence-electron chi connectivity index (χ0n) is 22.3. The van der Waals surface area contributed by atoms with Crippen LogP contribution >= 0.6 is 24.8 Å². The summed E-state index contributed by atoms with van der Waals surface area (Å²) >= 11 is 0. The van der Waals surface area contributed by atoms with Gasteiger partial charge >= 0.3 is 0 Å². The van der Waals surface area contributed by atoms with Crippen LogP contribution in [0, 0.1) is 5.92 Å². The average molecular weight is 581 g/mol. The number of H-pyrrole nitrogens is 1. The lowest BCUT2D eigenvalue weighted by Gasteiger charge is -2.25. The monoisotopic (exact) mass is 579 g/mol. The minimum Gasteiger partial charge on any atom is -0.364 e. The standard InChI is InChI=1S/C31H33N5O2.2ClH/c37-30(23-8-2-1-3-9-23)34-25-14-13-24-19-36(16-15-35(29(24)17-25)20-26-18-32-21-33-26)31(38)28-12-6-10-22-7-4-5-11-27(22)28;;/h4-7,10-14,17-18,21,23H,1-3,8-9,15-16,19-20H2,(H,32,33)(H,34,37);2*1H. The Kier molecular flexibility index (Phi) is 9.71. The van der Waals surface area contributed by atoms with E-state index in [0.29, 0.717) is 26.2 Å². The maximum absolute atomic E-state index is 13.8. The maximum Gasteiger partial charge on any atom is 0.254 e. The number of halogens is 2. The molecule has 0 saturated heterocycles. The van der Waals surface area contributed by atoms with E-state index in [1.807, 2.05) is 59.6 Å². The van der Waals surface area contributed by atoms with Crippen molar-refractivity contribution in [1.29, 1.82) is 0 Å². The molecule has 0 radical (unpaired) electrons. The van der Waals surface area contributed by atoms with Gasteiger partial charge in [-0.1, -0.05) is 61.7 Å². The minimum atomic E-state index is 0. The van der Waals surface area contributed by atoms with Crippen molar-refractivity contribution in [3.63, 3.8) is 0 Å². The molecule has 2 heterocycles. The van der Waals surface area contributed by atoms with Crippen LogP contribution in [-0.4, -0.2) is 39.8 Å². The van der Waals surface area contributed by atoms with Crippen molar-refractivity contribution >= 4 is 58.8 Å². The van der Waals surface area contributed by atoms with Crippen molar-refractivity contribution in [2.75, 3.05) is 23.3 Å². The summed E-state index contributed by atoms with van der Waals surface area (Å²) in [6.45, 7) is 2.41. The third-order valence-corrected chi connectivity index (χ3v) is 7.89. The van der Waals surface area contributed by atoms with Crippen molar-refractivity contribution in [3.8, 4) is 0 Å². The highest BCUT2D eigenvalue weighted by Gasteiger charge is 2.26. The molecular weight excluding hydrogens is 545 g/mol. The van der Waals surface area contributed by atoms with Gasteiger partial charge in [0.05, 0.1) is 18.6 Å². The number of benzene rings is 3. The first-order chi connectivity index (χ1) is 18.7. The Bertz CT molecular complexity index is 1450. The number of fused-ring (bicyclic) bond motifs is 2. The van der Waals surface area contributed by atoms with Crippen LogP contribution in [0.2, 0.25) is 0 Å². The summed E-state index contributed by atoms with van der Waals surface area (Å²) in [5.41, 5.74) is 4.63. The molecule has 40 heavy (non-hydrogen) atoms. The maximum atomic E-state index is 13.8. The molecule has 1 saturated carbocycles. The van der Waals surface area contributed by atoms with E-state index in [4.69, 9.17) is 0 Å². The minimum absolute atomic E-state index is 0. The summed E-state index contributed by atoms with van der Waals surface area (Å²) in [6, 6.07) is 20.0. The molecule has 6 rings (SSSR count). The van der Waals surface area contributed by atoms with Gasteiger partial charge < -0.3 is 20.1 Å². The first-order valence-corrected chi connectivity index (χ1v) is 13.6. The fraction of sp³-hybridized carbons (Fsp3) is 0.323. The second kappa shape index (κ2) is 13.2. The molecule has 2 N–H and O–H groups in total. The number of hydrogen-bond acceptors (Lipinski definition) is 4. The molecule has 1 aliphatic heterocycles. The van der Waals surface area contributed by atoms with Crippen LogP contribution in [0.4, 0.5) is 11.4 Å². The number of carbonyl (C=O) groups is 2. The predicted octanol–water partition coefficient (Wildman–Crippen LogP) is 6.59. The molecule has 4 aromatic rings. The van der Waals surface area contributed by atoms with Crippen LogP contribution in [-0.2, 0) is 17.9 Å². The van der Waals surface area contributed by atoms with Crippen LogP contribution in [0.1, 0.15) is 53.7 Å². The molecule has 7 nitrogen and oxygen atoms in total. The van der Waals surface area contributed by atoms with Gasteiger partial charge in [-0.15, -0.1) is 24.8 Å². The zero-order valence-corrected chi connectivity index (χ0v) is 24.0. The molecule has 3 aromatic carbocycles. The van der Waals surface area contributed by atoms with E-state index in [9.17, 15) is 9.59 Å². The summed E-state index contributed by atoms with van der Waals surface area (Å²) < 4.78 is 0. The summed E-state index contributed by atoms with van der Waals surface area (Å²) in [6.07, 6.45) is 8.92. The number of imidazole rings is 1. The van der Waals surface area contributed by atoms with Gasteiger partial charge in [0.25, 0.3) is 5.91 Å². The Hall–Kier alpha value is -3.55. The lowest BCUT2D eigenvalue weighted by Crippen LogP contribution is -2.35. The SMILES string of the molecule is Cl.Cl.O=C(Nc1ccc2c(c1)N(Cc1cnc[nH]1)CCN(C(=O)c1cccc3ccccc13)C2)C1CCCCC1. The molecule has 1 aliphatic carbocycles. The second-order valence-electron chi connectivity index (χ2n) is 10.4. The van der Waals surface area contributed by atoms with E-state index in [1.54, 1.807) is 6.33 Å². The number of aromatic amines is 1. The van der Waals surface area contributed by atoms with Crippen LogP contribution in [0.15, 0.2) is 73.2 Å². The second-order valence-corrected chi connectivity index (χ2v) is 10.4. The molecule has 0 bridgehead atoms. The van der Waals surface area contributed by atoms with E-state index >= 15 is 0 Å². The quantitative estimate of drug-likeness (QED) is 0.279. The van der Waals surface area contributed by atoms with Gasteiger partial charge in [0, 0.05) is 48.7 Å². The van der Waals surface area contributed by atoms with Gasteiger partial charge in [0.2, 0.25) is 5.91 Å². The Balaban J connectivity index is 0.00000185. The van der Waals surface area contributed by atoms with Crippen LogP contribution < -0.4 is 10.2 Å². The largest absolute Gasteiger partial charge is 0.364 e. The zero-order chi connectivity index (χ0) is 25.9. The lowest BCUT2D eigenvalue weighted by molar-refractivity contribution is -0.120. The summed E-state index contributed by atoms with van der Waals surface area (Å²) in [5, 5.41) is 5.21. The van der Waals surface area contributed by atoms with Gasteiger partial charge in [-0.25, -0.2) is 4.98 Å². The number of hydrogen-bond donors (Lipinski definition) is 2. The number of rotatable bonds is 5. The predicted molar refractivity (Wildman–Crippen MR) is 164 cm³/mol. The van der Waals surface area contributed by atoms with Crippen LogP contribution in [0.25, 0.3) is 10.8 Å². The molecule has 0 unspecified atom stereocenters. The molecule has 1 fully saturated rings. The highest BCUT2D eigenvalue weighted by molar-refractivity contribution is 6.07. The van der Waals surface area contributed by atoms with Gasteiger partial charge in [-0.3, -0.25) is 9.59 Å². The smallest absolute Gasteiger partial charge is 0.254 e. The molecule has 210 valence electrons. The van der Waals surface area contributed by atoms with Gasteiger partial charge in [-0.2, -0.15) is 0 Å². The molecule has 2 aliphatic rings. The van der Waals surface area contributed by atoms with Crippen LogP contribution in [0.5, 0.6) is 0 Å². The summed E-state index contributed by atoms with van der Waals surface area (Å²) in [7, 11) is 0. The van der Waals surface area contributed by atoms with Gasteiger partial charge in [0.1, 0.15) is 0 Å². The average Bonchev–Trinajstić information content (AvgIpc) is 3.41. The molecular formula is C31H35Cl2N5O2. The fourth-order valence-corrected chi connectivity index (χ4v) is 5.82. The third kappa shape index (κ3) is 6.26. The van der Waals surface area contributed by atoms with Crippen molar-refractivity contribution in [2.24, 2.45) is 5.92 Å². The van der Waals surface area contributed by atoms with E-state index in [1.165, 1.54) is 6.42 Å². The van der Waals surface area contributed by atoms with E-state index in [-0.39, 0.29) is 42.5 Å². The van der Waals surface area contributed by atoms with E-state index < -0.39 is 0 Å². The molecule has 1 aromatic heterocycles. The molecule has 9 heteroatoms. The van der Waals surface area contributed by atoms with Crippen molar-refractivity contribution in [3.05, 3.63) is 90.0 Å². The normalized spacial score (nSPS) is 15.4. The van der Waals surface area contributed by atoms with E-state index in [2.05, 4.69) is 32.3 Å². The Morgan fingerprint density at radius 2 is 1.75 bits per heavy atom. The highest BCUT2D eigenvalue weighted by Crippen LogP contribution is 2.32. The lowest BCUT2D eigenvalue weighted by atomic mass is 9.88. The van der Waals surface area contributed by atoms with E-state index in [0.717, 1.165) is 64.7 Å². The Labute approximate surface area is 247 Å². The topological polar surface area (TPSA) is 81.3 Å². The number of nitrogens with one attached hydrogen (secondary N) is 2. The third-order valence-electron chi connectivity index (χ3n) is 7.89. The Morgan fingerprint density at radius 3 is 2.55 bits per heavy atom. The number of aromatic nitrogens is 2. The van der Waals surface area contributed by atoms with Crippen molar-refractivity contribution in [2.45, 2.75) is 45.2 Å². The molecule has 0 spiro atoms. The Morgan fingerprint density at radius 1 is 0.950 bits per heavy atom. The number of anilines is 2.